The van der Waals surface area contributed by atoms with Crippen LogP contribution in [0.2, 0.25) is 0 Å². The number of carbonyl (C=O) groups excluding carboxylic acids is 1. The monoisotopic (exact) mass is 265 g/mol. The summed E-state index contributed by atoms with van der Waals surface area (Å²) in [6.45, 7) is 1.08. The average Bonchev–Trinajstić information content (AvgIpc) is 2.51. The number of halogens is 2. The summed E-state index contributed by atoms with van der Waals surface area (Å²) in [4.78, 5) is 11.9. The Morgan fingerprint density at radius 2 is 2.46 bits per heavy atom. The van der Waals surface area contributed by atoms with Crippen molar-refractivity contribution in [1.29, 1.82) is 0 Å². The Balaban J connectivity index is 2.58. The Morgan fingerprint density at radius 1 is 1.77 bits per heavy atom. The van der Waals surface area contributed by atoms with Crippen molar-refractivity contribution in [2.45, 2.75) is 13.0 Å². The van der Waals surface area contributed by atoms with Crippen molar-refractivity contribution in [2.75, 3.05) is 6.67 Å². The fraction of sp³-hybridized carbons (Fsp3) is 0.375. The van der Waals surface area contributed by atoms with Crippen LogP contribution in [0.25, 0.3) is 0 Å². The van der Waals surface area contributed by atoms with Gasteiger partial charge in [-0.25, -0.2) is 4.39 Å². The highest BCUT2D eigenvalue weighted by molar-refractivity contribution is 9.11. The molecule has 0 aliphatic rings. The van der Waals surface area contributed by atoms with Crippen LogP contribution in [0.5, 0.6) is 0 Å². The van der Waals surface area contributed by atoms with Crippen LogP contribution in [-0.4, -0.2) is 18.6 Å². The molecule has 5 heteroatoms. The SMILES string of the molecule is CC(CF)NC(=O)c1ccc(Br)s1. The molecule has 72 valence electrons. The average molecular weight is 266 g/mol. The van der Waals surface area contributed by atoms with Gasteiger partial charge in [-0.3, -0.25) is 4.79 Å². The molecule has 0 spiro atoms. The molecule has 1 amide bonds. The van der Waals surface area contributed by atoms with Gasteiger partial charge in [-0.2, -0.15) is 0 Å². The molecule has 1 rings (SSSR count). The lowest BCUT2D eigenvalue weighted by Gasteiger charge is -2.07. The fourth-order valence-electron chi connectivity index (χ4n) is 0.770. The Bertz CT molecular complexity index is 302. The van der Waals surface area contributed by atoms with E-state index >= 15 is 0 Å². The van der Waals surface area contributed by atoms with Crippen molar-refractivity contribution in [3.05, 3.63) is 20.8 Å². The summed E-state index contributed by atoms with van der Waals surface area (Å²) in [7, 11) is 0. The van der Waals surface area contributed by atoms with Gasteiger partial charge in [0, 0.05) is 0 Å². The second-order valence-corrected chi connectivity index (χ2v) is 5.10. The van der Waals surface area contributed by atoms with Crippen LogP contribution < -0.4 is 5.32 Å². The van der Waals surface area contributed by atoms with Crippen LogP contribution in [0.4, 0.5) is 4.39 Å². The molecule has 0 aromatic carbocycles. The predicted octanol–water partition coefficient (Wildman–Crippen LogP) is 2.60. The van der Waals surface area contributed by atoms with Crippen LogP contribution in [0.15, 0.2) is 15.9 Å². The fourth-order valence-corrected chi connectivity index (χ4v) is 2.06. The molecule has 1 aromatic heterocycles. The summed E-state index contributed by atoms with van der Waals surface area (Å²) in [5, 5.41) is 2.53. The summed E-state index contributed by atoms with van der Waals surface area (Å²) in [5.74, 6) is -0.221. The summed E-state index contributed by atoms with van der Waals surface area (Å²) in [6, 6.07) is 3.07. The number of thiophene rings is 1. The molecule has 1 aromatic rings. The van der Waals surface area contributed by atoms with Crippen LogP contribution >= 0.6 is 27.3 Å². The number of amides is 1. The number of nitrogens with one attached hydrogen (secondary N) is 1. The van der Waals surface area contributed by atoms with Crippen LogP contribution in [0.1, 0.15) is 16.6 Å². The summed E-state index contributed by atoms with van der Waals surface area (Å²) >= 11 is 4.58. The standard InChI is InChI=1S/C8H9BrFNOS/c1-5(4-10)11-8(12)6-2-3-7(9)13-6/h2-3,5H,4H2,1H3,(H,11,12). The first-order chi connectivity index (χ1) is 6.13. The van der Waals surface area contributed by atoms with Gasteiger partial charge < -0.3 is 5.32 Å². The van der Waals surface area contributed by atoms with E-state index in [0.717, 1.165) is 3.79 Å². The van der Waals surface area contributed by atoms with E-state index in [0.29, 0.717) is 4.88 Å². The molecule has 1 atom stereocenters. The van der Waals surface area contributed by atoms with Crippen LogP contribution in [-0.2, 0) is 0 Å². The third kappa shape index (κ3) is 3.08. The largest absolute Gasteiger partial charge is 0.346 e. The number of hydrogen-bond acceptors (Lipinski definition) is 2. The van der Waals surface area contributed by atoms with E-state index in [-0.39, 0.29) is 5.91 Å². The zero-order chi connectivity index (χ0) is 9.84. The Morgan fingerprint density at radius 3 is 2.92 bits per heavy atom. The molecular formula is C8H9BrFNOS. The summed E-state index contributed by atoms with van der Waals surface area (Å²) < 4.78 is 12.9. The summed E-state index contributed by atoms with van der Waals surface area (Å²) in [6.07, 6.45) is 0. The topological polar surface area (TPSA) is 29.1 Å². The molecule has 1 unspecified atom stereocenters. The minimum Gasteiger partial charge on any atom is -0.346 e. The Labute approximate surface area is 88.3 Å². The molecule has 0 aliphatic carbocycles. The molecule has 0 fully saturated rings. The van der Waals surface area contributed by atoms with Gasteiger partial charge in [0.15, 0.2) is 0 Å². The highest BCUT2D eigenvalue weighted by atomic mass is 79.9. The van der Waals surface area contributed by atoms with Gasteiger partial charge in [0.25, 0.3) is 5.91 Å². The van der Waals surface area contributed by atoms with Gasteiger partial charge in [-0.1, -0.05) is 0 Å². The molecule has 0 bridgehead atoms. The minimum atomic E-state index is -0.543. The van der Waals surface area contributed by atoms with Gasteiger partial charge in [0.2, 0.25) is 0 Å². The highest BCUT2D eigenvalue weighted by Crippen LogP contribution is 2.21. The first kappa shape index (κ1) is 10.7. The van der Waals surface area contributed by atoms with E-state index in [1.54, 1.807) is 19.1 Å². The number of rotatable bonds is 3. The van der Waals surface area contributed by atoms with Gasteiger partial charge in [-0.05, 0) is 35.0 Å². The van der Waals surface area contributed by atoms with E-state index in [2.05, 4.69) is 21.2 Å². The second kappa shape index (κ2) is 4.72. The maximum atomic E-state index is 12.0. The Kier molecular flexibility index (Phi) is 3.87. The minimum absolute atomic E-state index is 0.221. The zero-order valence-corrected chi connectivity index (χ0v) is 9.41. The normalized spacial score (nSPS) is 12.5. The lowest BCUT2D eigenvalue weighted by molar-refractivity contribution is 0.0938. The zero-order valence-electron chi connectivity index (χ0n) is 7.01. The Hall–Kier alpha value is -0.420. The van der Waals surface area contributed by atoms with Gasteiger partial charge >= 0.3 is 0 Å². The van der Waals surface area contributed by atoms with Crippen molar-refractivity contribution in [3.63, 3.8) is 0 Å². The third-order valence-electron chi connectivity index (χ3n) is 1.41. The van der Waals surface area contributed by atoms with Crippen molar-refractivity contribution >= 4 is 33.2 Å². The lowest BCUT2D eigenvalue weighted by atomic mass is 10.3. The van der Waals surface area contributed by atoms with Gasteiger partial charge in [-0.15, -0.1) is 11.3 Å². The highest BCUT2D eigenvalue weighted by Gasteiger charge is 2.10. The molecule has 0 saturated carbocycles. The van der Waals surface area contributed by atoms with Crippen LogP contribution in [0.3, 0.4) is 0 Å². The first-order valence-electron chi connectivity index (χ1n) is 3.75. The van der Waals surface area contributed by atoms with E-state index < -0.39 is 12.7 Å². The van der Waals surface area contributed by atoms with Gasteiger partial charge in [0.1, 0.15) is 6.67 Å². The summed E-state index contributed by atoms with van der Waals surface area (Å²) in [5.41, 5.74) is 0. The van der Waals surface area contributed by atoms with Crippen molar-refractivity contribution in [3.8, 4) is 0 Å². The first-order valence-corrected chi connectivity index (χ1v) is 5.36. The smallest absolute Gasteiger partial charge is 0.261 e. The van der Waals surface area contributed by atoms with E-state index in [9.17, 15) is 9.18 Å². The van der Waals surface area contributed by atoms with E-state index in [1.807, 2.05) is 0 Å². The van der Waals surface area contributed by atoms with E-state index in [1.165, 1.54) is 11.3 Å². The number of hydrogen-bond donors (Lipinski definition) is 1. The third-order valence-corrected chi connectivity index (χ3v) is 3.03. The maximum Gasteiger partial charge on any atom is 0.261 e. The van der Waals surface area contributed by atoms with Gasteiger partial charge in [0.05, 0.1) is 14.7 Å². The quantitative estimate of drug-likeness (QED) is 0.895. The molecular weight excluding hydrogens is 257 g/mol. The second-order valence-electron chi connectivity index (χ2n) is 2.63. The maximum absolute atomic E-state index is 12.0. The molecule has 13 heavy (non-hydrogen) atoms. The molecule has 0 radical (unpaired) electrons. The van der Waals surface area contributed by atoms with Crippen molar-refractivity contribution in [1.82, 2.24) is 5.32 Å². The molecule has 1 N–H and O–H groups in total. The number of alkyl halides is 1. The molecule has 1 heterocycles. The molecule has 0 saturated heterocycles. The molecule has 0 aliphatic heterocycles. The lowest BCUT2D eigenvalue weighted by Crippen LogP contribution is -2.33. The van der Waals surface area contributed by atoms with Crippen molar-refractivity contribution in [2.24, 2.45) is 0 Å². The predicted molar refractivity (Wildman–Crippen MR) is 54.9 cm³/mol. The van der Waals surface area contributed by atoms with E-state index in [4.69, 9.17) is 0 Å². The number of carbonyl (C=O) groups is 1. The van der Waals surface area contributed by atoms with Crippen molar-refractivity contribution < 1.29 is 9.18 Å². The van der Waals surface area contributed by atoms with Crippen LogP contribution in [0, 0.1) is 0 Å². The molecule has 2 nitrogen and oxygen atoms in total.